The van der Waals surface area contributed by atoms with E-state index >= 15 is 0 Å². The lowest BCUT2D eigenvalue weighted by atomic mass is 10.1. The first-order valence-electron chi connectivity index (χ1n) is 10.1. The number of piperazine rings is 1. The third-order valence-corrected chi connectivity index (χ3v) is 5.55. The van der Waals surface area contributed by atoms with Gasteiger partial charge in [-0.15, -0.1) is 0 Å². The second kappa shape index (κ2) is 8.33. The molecule has 160 valence electrons. The Labute approximate surface area is 175 Å². The summed E-state index contributed by atoms with van der Waals surface area (Å²) in [6, 6.07) is 11.9. The van der Waals surface area contributed by atoms with E-state index in [0.717, 1.165) is 59.7 Å². The Bertz CT molecular complexity index is 1200. The van der Waals surface area contributed by atoms with E-state index in [1.54, 1.807) is 0 Å². The fourth-order valence-corrected chi connectivity index (χ4v) is 3.91. The molecule has 2 aliphatic rings. The van der Waals surface area contributed by atoms with Crippen molar-refractivity contribution in [1.82, 2.24) is 9.88 Å². The maximum Gasteiger partial charge on any atom is 0.274 e. The third kappa shape index (κ3) is 5.16. The molecule has 0 unspecified atom stereocenters. The molecule has 3 aromatic rings. The Hall–Kier alpha value is -2.49. The summed E-state index contributed by atoms with van der Waals surface area (Å²) in [5.41, 5.74) is 1.84. The molecular formula is C21H26N4O4S. The molecule has 2 aromatic heterocycles. The molecule has 0 atom stereocenters. The minimum Gasteiger partial charge on any atom is -0.748 e. The van der Waals surface area contributed by atoms with Gasteiger partial charge in [-0.05, 0) is 37.0 Å². The first-order chi connectivity index (χ1) is 14.3. The topological polar surface area (TPSA) is 111 Å². The highest BCUT2D eigenvalue weighted by Gasteiger charge is 2.29. The van der Waals surface area contributed by atoms with Crippen molar-refractivity contribution in [2.75, 3.05) is 43.9 Å². The molecule has 0 bridgehead atoms. The van der Waals surface area contributed by atoms with Crippen molar-refractivity contribution < 1.29 is 18.0 Å². The summed E-state index contributed by atoms with van der Waals surface area (Å²) in [6.07, 6.45) is 3.45. The molecule has 2 N–H and O–H groups in total. The lowest BCUT2D eigenvalue weighted by Crippen LogP contribution is -2.48. The van der Waals surface area contributed by atoms with Gasteiger partial charge in [0.1, 0.15) is 0 Å². The molecule has 1 aliphatic carbocycles. The van der Waals surface area contributed by atoms with E-state index < -0.39 is 10.1 Å². The SMILES string of the molecule is CS(=O)(=O)[O-].O=c1[nH]c2ccc(N3CCN(CC4CC4)CC3)[nH+]c2c2ccccc12. The summed E-state index contributed by atoms with van der Waals surface area (Å²) in [7, 11) is -3.92. The number of H-pyrrole nitrogens is 2. The van der Waals surface area contributed by atoms with Crippen LogP contribution < -0.4 is 15.4 Å². The van der Waals surface area contributed by atoms with Gasteiger partial charge in [-0.25, -0.2) is 13.4 Å². The standard InChI is InChI=1S/C20H22N4O.CH4O3S/c25-20-16-4-2-1-3-15(16)19-17(21-20)7-8-18(22-19)24-11-9-23(10-12-24)13-14-5-6-14;1-5(2,3)4/h1-4,7-8,14H,5-6,9-13H2,(H,21,25);1H3,(H,2,3,4). The highest BCUT2D eigenvalue weighted by Crippen LogP contribution is 2.30. The van der Waals surface area contributed by atoms with Crippen LogP contribution >= 0.6 is 0 Å². The first-order valence-corrected chi connectivity index (χ1v) is 11.9. The monoisotopic (exact) mass is 430 g/mol. The molecule has 8 nitrogen and oxygen atoms in total. The number of nitrogens with one attached hydrogen (secondary N) is 2. The smallest absolute Gasteiger partial charge is 0.274 e. The number of aromatic amines is 2. The van der Waals surface area contributed by atoms with Crippen LogP contribution in [0.1, 0.15) is 12.8 Å². The summed E-state index contributed by atoms with van der Waals surface area (Å²) in [6.45, 7) is 5.65. The highest BCUT2D eigenvalue weighted by atomic mass is 32.2. The molecule has 30 heavy (non-hydrogen) atoms. The largest absolute Gasteiger partial charge is 0.748 e. The zero-order valence-electron chi connectivity index (χ0n) is 16.9. The van der Waals surface area contributed by atoms with Gasteiger partial charge in [0.05, 0.1) is 34.1 Å². The lowest BCUT2D eigenvalue weighted by Gasteiger charge is -2.30. The number of hydrogen-bond acceptors (Lipinski definition) is 6. The molecule has 1 saturated carbocycles. The van der Waals surface area contributed by atoms with Crippen LogP contribution in [0, 0.1) is 5.92 Å². The maximum absolute atomic E-state index is 12.2. The number of fused-ring (bicyclic) bond motifs is 3. The van der Waals surface area contributed by atoms with E-state index in [-0.39, 0.29) is 5.56 Å². The van der Waals surface area contributed by atoms with Crippen molar-refractivity contribution in [3.05, 3.63) is 46.8 Å². The number of hydrogen-bond donors (Lipinski definition) is 1. The molecule has 1 aliphatic heterocycles. The van der Waals surface area contributed by atoms with E-state index in [0.29, 0.717) is 6.26 Å². The van der Waals surface area contributed by atoms with Crippen LogP contribution in [-0.4, -0.2) is 61.8 Å². The van der Waals surface area contributed by atoms with Crippen LogP contribution in [0.3, 0.4) is 0 Å². The van der Waals surface area contributed by atoms with E-state index in [9.17, 15) is 4.79 Å². The van der Waals surface area contributed by atoms with Crippen LogP contribution in [0.25, 0.3) is 21.8 Å². The normalized spacial score (nSPS) is 17.7. The molecule has 3 heterocycles. The zero-order valence-corrected chi connectivity index (χ0v) is 17.7. The predicted molar refractivity (Wildman–Crippen MR) is 116 cm³/mol. The van der Waals surface area contributed by atoms with Crippen molar-refractivity contribution in [1.29, 1.82) is 0 Å². The third-order valence-electron chi connectivity index (χ3n) is 5.55. The number of rotatable bonds is 3. The van der Waals surface area contributed by atoms with E-state index in [4.69, 9.17) is 13.0 Å². The fraction of sp³-hybridized carbons (Fsp3) is 0.429. The zero-order chi connectivity index (χ0) is 21.3. The molecule has 2 fully saturated rings. The van der Waals surface area contributed by atoms with Gasteiger partial charge in [0.25, 0.3) is 11.4 Å². The van der Waals surface area contributed by atoms with Gasteiger partial charge in [0, 0.05) is 37.3 Å². The Morgan fingerprint density at radius 1 is 1.07 bits per heavy atom. The average molecular weight is 431 g/mol. The van der Waals surface area contributed by atoms with Gasteiger partial charge in [-0.3, -0.25) is 14.6 Å². The van der Waals surface area contributed by atoms with E-state index in [1.807, 2.05) is 30.3 Å². The first kappa shape index (κ1) is 20.8. The number of aromatic nitrogens is 2. The second-order valence-electron chi connectivity index (χ2n) is 8.07. The van der Waals surface area contributed by atoms with Crippen LogP contribution in [0.4, 0.5) is 5.82 Å². The summed E-state index contributed by atoms with van der Waals surface area (Å²) in [5, 5.41) is 1.72. The minimum atomic E-state index is -3.92. The van der Waals surface area contributed by atoms with E-state index in [2.05, 4.69) is 25.8 Å². The number of anilines is 1. The quantitative estimate of drug-likeness (QED) is 0.494. The number of pyridine rings is 2. The second-order valence-corrected chi connectivity index (χ2v) is 9.48. The Morgan fingerprint density at radius 2 is 1.70 bits per heavy atom. The van der Waals surface area contributed by atoms with Crippen molar-refractivity contribution in [2.45, 2.75) is 12.8 Å². The number of benzene rings is 1. The van der Waals surface area contributed by atoms with Gasteiger partial charge in [0.15, 0.2) is 5.52 Å². The Morgan fingerprint density at radius 3 is 2.33 bits per heavy atom. The summed E-state index contributed by atoms with van der Waals surface area (Å²) >= 11 is 0. The van der Waals surface area contributed by atoms with Crippen LogP contribution in [-0.2, 0) is 10.1 Å². The minimum absolute atomic E-state index is 0.0297. The predicted octanol–water partition coefficient (Wildman–Crippen LogP) is 1.19. The summed E-state index contributed by atoms with van der Waals surface area (Å²) < 4.78 is 27.2. The van der Waals surface area contributed by atoms with E-state index in [1.165, 1.54) is 19.4 Å². The van der Waals surface area contributed by atoms with Crippen molar-refractivity contribution in [3.63, 3.8) is 0 Å². The average Bonchev–Trinajstić information content (AvgIpc) is 3.52. The number of nitrogens with zero attached hydrogens (tertiary/aromatic N) is 2. The van der Waals surface area contributed by atoms with Crippen molar-refractivity contribution in [3.8, 4) is 0 Å². The molecule has 0 spiro atoms. The molecule has 0 amide bonds. The van der Waals surface area contributed by atoms with Crippen LogP contribution in [0.5, 0.6) is 0 Å². The Kier molecular flexibility index (Phi) is 5.77. The highest BCUT2D eigenvalue weighted by molar-refractivity contribution is 7.84. The fourth-order valence-electron chi connectivity index (χ4n) is 3.91. The van der Waals surface area contributed by atoms with Gasteiger partial charge >= 0.3 is 0 Å². The molecule has 0 radical (unpaired) electrons. The van der Waals surface area contributed by atoms with Gasteiger partial charge < -0.3 is 9.54 Å². The Balaban J connectivity index is 0.000000393. The maximum atomic E-state index is 12.2. The van der Waals surface area contributed by atoms with Gasteiger partial charge in [-0.2, -0.15) is 0 Å². The van der Waals surface area contributed by atoms with Crippen LogP contribution in [0.15, 0.2) is 41.2 Å². The lowest BCUT2D eigenvalue weighted by molar-refractivity contribution is -0.329. The van der Waals surface area contributed by atoms with Crippen LogP contribution in [0.2, 0.25) is 0 Å². The summed E-state index contributed by atoms with van der Waals surface area (Å²) in [5.74, 6) is 2.10. The van der Waals surface area contributed by atoms with Crippen molar-refractivity contribution in [2.24, 2.45) is 5.92 Å². The van der Waals surface area contributed by atoms with Gasteiger partial charge in [-0.1, -0.05) is 12.1 Å². The molecule has 9 heteroatoms. The summed E-state index contributed by atoms with van der Waals surface area (Å²) in [4.78, 5) is 23.8. The van der Waals surface area contributed by atoms with Crippen molar-refractivity contribution >= 4 is 37.7 Å². The van der Waals surface area contributed by atoms with Gasteiger partial charge in [0.2, 0.25) is 0 Å². The molecule has 5 rings (SSSR count). The molecular weight excluding hydrogens is 404 g/mol. The molecule has 1 saturated heterocycles. The molecule has 1 aromatic carbocycles.